The lowest BCUT2D eigenvalue weighted by molar-refractivity contribution is -0.0854. The second kappa shape index (κ2) is 7.62. The molecule has 0 aromatic rings. The molecule has 0 spiro atoms. The normalized spacial score (nSPS) is 12.2. The van der Waals surface area contributed by atoms with Crippen LogP contribution < -0.4 is 0 Å². The Morgan fingerprint density at radius 2 is 1.58 bits per heavy atom. The molecule has 5 heteroatoms. The van der Waals surface area contributed by atoms with Crippen molar-refractivity contribution in [2.75, 3.05) is 19.8 Å². The lowest BCUT2D eigenvalue weighted by atomic mass is 10.9. The van der Waals surface area contributed by atoms with Crippen molar-refractivity contribution in [1.29, 1.82) is 0 Å². The van der Waals surface area contributed by atoms with Gasteiger partial charge in [-0.25, -0.2) is 0 Å². The first kappa shape index (κ1) is 12.0. The predicted octanol–water partition coefficient (Wildman–Crippen LogP) is 2.12. The summed E-state index contributed by atoms with van der Waals surface area (Å²) in [7, 11) is -1.85. The zero-order valence-corrected chi connectivity index (χ0v) is 8.67. The van der Waals surface area contributed by atoms with E-state index >= 15 is 0 Å². The topological polar surface area (TPSA) is 44.8 Å². The van der Waals surface area contributed by atoms with Gasteiger partial charge in [-0.1, -0.05) is 0 Å². The Labute approximate surface area is 74.1 Å². The summed E-state index contributed by atoms with van der Waals surface area (Å²) in [5, 5.41) is 0. The van der Waals surface area contributed by atoms with E-state index in [2.05, 4.69) is 0 Å². The highest BCUT2D eigenvalue weighted by Gasteiger charge is 2.33. The summed E-state index contributed by atoms with van der Waals surface area (Å²) >= 11 is 0. The van der Waals surface area contributed by atoms with Crippen LogP contribution >= 0.6 is 8.03 Å². The first-order valence-electron chi connectivity index (χ1n) is 4.08. The smallest absolute Gasteiger partial charge is 0.311 e. The fourth-order valence-electron chi connectivity index (χ4n) is 0.643. The largest absolute Gasteiger partial charge is 0.572 e. The molecule has 0 bridgehead atoms. The second-order valence-electron chi connectivity index (χ2n) is 1.92. The van der Waals surface area contributed by atoms with E-state index in [1.54, 1.807) is 6.92 Å². The molecule has 4 nitrogen and oxygen atoms in total. The maximum atomic E-state index is 11.2. The van der Waals surface area contributed by atoms with Crippen molar-refractivity contribution in [3.63, 3.8) is 0 Å². The quantitative estimate of drug-likeness (QED) is 0.461. The predicted molar refractivity (Wildman–Crippen MR) is 46.3 cm³/mol. The van der Waals surface area contributed by atoms with Gasteiger partial charge in [0.15, 0.2) is 0 Å². The molecule has 0 rings (SSSR count). The molecule has 72 valence electrons. The zero-order valence-electron chi connectivity index (χ0n) is 7.78. The molecule has 0 amide bonds. The van der Waals surface area contributed by atoms with Crippen molar-refractivity contribution in [3.05, 3.63) is 0 Å². The maximum absolute atomic E-state index is 11.2. The van der Waals surface area contributed by atoms with Gasteiger partial charge in [0.05, 0.1) is 19.8 Å². The van der Waals surface area contributed by atoms with Crippen LogP contribution in [-0.4, -0.2) is 25.9 Å². The van der Waals surface area contributed by atoms with Gasteiger partial charge in [-0.3, -0.25) is 0 Å². The van der Waals surface area contributed by atoms with Gasteiger partial charge in [-0.15, -0.1) is 4.52 Å². The van der Waals surface area contributed by atoms with Crippen LogP contribution in [0.15, 0.2) is 0 Å². The Kier molecular flexibility index (Phi) is 7.61. The summed E-state index contributed by atoms with van der Waals surface area (Å²) in [5.41, 5.74) is 0. The van der Waals surface area contributed by atoms with Gasteiger partial charge in [-0.05, 0) is 25.3 Å². The Morgan fingerprint density at radius 3 is 1.92 bits per heavy atom. The molecule has 0 radical (unpaired) electrons. The number of hydrogen-bond acceptors (Lipinski definition) is 4. The van der Waals surface area contributed by atoms with Crippen molar-refractivity contribution >= 4 is 8.03 Å². The van der Waals surface area contributed by atoms with Crippen LogP contribution in [0.2, 0.25) is 0 Å². The van der Waals surface area contributed by atoms with Crippen LogP contribution in [0, 0.1) is 0 Å². The SMILES string of the molecule is CCOC(OCC)[P+](=O)OCC. The molecule has 0 saturated heterocycles. The van der Waals surface area contributed by atoms with Gasteiger partial charge in [0.1, 0.15) is 0 Å². The van der Waals surface area contributed by atoms with Gasteiger partial charge in [0.25, 0.3) is 0 Å². The lowest BCUT2D eigenvalue weighted by Crippen LogP contribution is -2.13. The zero-order chi connectivity index (χ0) is 9.40. The maximum Gasteiger partial charge on any atom is 0.572 e. The molecule has 12 heavy (non-hydrogen) atoms. The molecular weight excluding hydrogens is 179 g/mol. The molecule has 0 aliphatic heterocycles. The standard InChI is InChI=1S/C7H16O4P/c1-4-9-7(10-5-2)12(8)11-6-3/h7H,4-6H2,1-3H3/q+1. The molecule has 0 N–H and O–H groups in total. The van der Waals surface area contributed by atoms with Crippen molar-refractivity contribution in [2.45, 2.75) is 26.8 Å². The highest BCUT2D eigenvalue weighted by atomic mass is 31.1. The number of hydrogen-bond donors (Lipinski definition) is 0. The summed E-state index contributed by atoms with van der Waals surface area (Å²) < 4.78 is 26.2. The summed E-state index contributed by atoms with van der Waals surface area (Å²) in [6.07, 6.45) is 0. The van der Waals surface area contributed by atoms with Crippen LogP contribution in [-0.2, 0) is 18.6 Å². The van der Waals surface area contributed by atoms with E-state index in [0.717, 1.165) is 0 Å². The summed E-state index contributed by atoms with van der Waals surface area (Å²) in [6.45, 7) is 6.77. The van der Waals surface area contributed by atoms with Crippen molar-refractivity contribution in [3.8, 4) is 0 Å². The molecule has 1 atom stereocenters. The van der Waals surface area contributed by atoms with E-state index in [-0.39, 0.29) is 0 Å². The molecule has 0 saturated carbocycles. The molecule has 0 aromatic heterocycles. The third-order valence-electron chi connectivity index (χ3n) is 1.05. The highest BCUT2D eigenvalue weighted by molar-refractivity contribution is 7.39. The van der Waals surface area contributed by atoms with Crippen molar-refractivity contribution in [2.24, 2.45) is 0 Å². The summed E-state index contributed by atoms with van der Waals surface area (Å²) in [4.78, 5) is 0. The van der Waals surface area contributed by atoms with E-state index in [1.165, 1.54) is 0 Å². The van der Waals surface area contributed by atoms with Gasteiger partial charge in [-0.2, -0.15) is 0 Å². The van der Waals surface area contributed by atoms with Crippen LogP contribution in [0.5, 0.6) is 0 Å². The Bertz CT molecular complexity index is 123. The lowest BCUT2D eigenvalue weighted by Gasteiger charge is -2.04. The van der Waals surface area contributed by atoms with E-state index < -0.39 is 14.1 Å². The van der Waals surface area contributed by atoms with E-state index in [0.29, 0.717) is 19.8 Å². The Morgan fingerprint density at radius 1 is 1.08 bits per heavy atom. The first-order chi connectivity index (χ1) is 5.76. The fourth-order valence-corrected chi connectivity index (χ4v) is 1.56. The third-order valence-corrected chi connectivity index (χ3v) is 2.20. The molecule has 0 aromatic carbocycles. The van der Waals surface area contributed by atoms with E-state index in [4.69, 9.17) is 14.0 Å². The van der Waals surface area contributed by atoms with Gasteiger partial charge in [0.2, 0.25) is 0 Å². The number of rotatable bonds is 7. The molecule has 0 aliphatic rings. The van der Waals surface area contributed by atoms with Gasteiger partial charge < -0.3 is 9.47 Å². The molecular formula is C7H16O4P+. The van der Waals surface area contributed by atoms with Crippen LogP contribution in [0.1, 0.15) is 20.8 Å². The summed E-state index contributed by atoms with van der Waals surface area (Å²) in [6, 6.07) is -0.713. The average molecular weight is 195 g/mol. The molecule has 0 aliphatic carbocycles. The highest BCUT2D eigenvalue weighted by Crippen LogP contribution is 2.30. The van der Waals surface area contributed by atoms with Crippen molar-refractivity contribution in [1.82, 2.24) is 0 Å². The van der Waals surface area contributed by atoms with Crippen LogP contribution in [0.4, 0.5) is 0 Å². The van der Waals surface area contributed by atoms with Gasteiger partial charge >= 0.3 is 14.1 Å². The van der Waals surface area contributed by atoms with Crippen LogP contribution in [0.3, 0.4) is 0 Å². The first-order valence-corrected chi connectivity index (χ1v) is 5.33. The monoisotopic (exact) mass is 195 g/mol. The molecule has 0 fully saturated rings. The van der Waals surface area contributed by atoms with Crippen LogP contribution in [0.25, 0.3) is 0 Å². The second-order valence-corrected chi connectivity index (χ2v) is 3.17. The summed E-state index contributed by atoms with van der Waals surface area (Å²) in [5.74, 6) is 0. The Hall–Kier alpha value is -0.0200. The molecule has 0 heterocycles. The average Bonchev–Trinajstić information content (AvgIpc) is 2.04. The fraction of sp³-hybridized carbons (Fsp3) is 1.00. The third kappa shape index (κ3) is 4.78. The van der Waals surface area contributed by atoms with E-state index in [9.17, 15) is 4.57 Å². The molecule has 1 unspecified atom stereocenters. The van der Waals surface area contributed by atoms with Crippen molar-refractivity contribution < 1.29 is 18.6 Å². The van der Waals surface area contributed by atoms with E-state index in [1.807, 2.05) is 13.8 Å². The Balaban J connectivity index is 3.81. The minimum Gasteiger partial charge on any atom is -0.311 e. The van der Waals surface area contributed by atoms with Gasteiger partial charge in [0, 0.05) is 0 Å². The minimum atomic E-state index is -1.85. The number of ether oxygens (including phenoxy) is 2. The minimum absolute atomic E-state index is 0.409.